The van der Waals surface area contributed by atoms with E-state index in [1.807, 2.05) is 31.2 Å². The summed E-state index contributed by atoms with van der Waals surface area (Å²) in [6.07, 6.45) is 0.368. The zero-order valence-electron chi connectivity index (χ0n) is 9.53. The first-order chi connectivity index (χ1) is 7.77. The van der Waals surface area contributed by atoms with E-state index in [1.54, 1.807) is 0 Å². The van der Waals surface area contributed by atoms with Crippen LogP contribution in [-0.4, -0.2) is 19.1 Å². The smallest absolute Gasteiger partial charge is 0.226 e. The number of para-hydroxylation sites is 1. The van der Waals surface area contributed by atoms with Gasteiger partial charge < -0.3 is 15.8 Å². The van der Waals surface area contributed by atoms with Gasteiger partial charge in [0, 0.05) is 18.8 Å². The minimum Gasteiger partial charge on any atom is -0.381 e. The van der Waals surface area contributed by atoms with Crippen molar-refractivity contribution >= 4 is 11.6 Å². The summed E-state index contributed by atoms with van der Waals surface area (Å²) in [6.45, 7) is 3.41. The van der Waals surface area contributed by atoms with Gasteiger partial charge in [0.1, 0.15) is 0 Å². The van der Waals surface area contributed by atoms with Crippen molar-refractivity contribution in [2.75, 3.05) is 18.5 Å². The number of amides is 1. The Morgan fingerprint density at radius 3 is 2.88 bits per heavy atom. The maximum absolute atomic E-state index is 11.5. The lowest BCUT2D eigenvalue weighted by Crippen LogP contribution is -2.16. The summed E-state index contributed by atoms with van der Waals surface area (Å²) in [4.78, 5) is 11.5. The fourth-order valence-corrected chi connectivity index (χ4v) is 1.34. The fraction of sp³-hybridized carbons (Fsp3) is 0.417. The molecule has 3 N–H and O–H groups in total. The van der Waals surface area contributed by atoms with Crippen molar-refractivity contribution in [3.63, 3.8) is 0 Å². The van der Waals surface area contributed by atoms with Gasteiger partial charge in [0.05, 0.1) is 13.0 Å². The summed E-state index contributed by atoms with van der Waals surface area (Å²) in [5.74, 6) is -0.0469. The van der Waals surface area contributed by atoms with Crippen LogP contribution >= 0.6 is 0 Å². The average Bonchev–Trinajstić information content (AvgIpc) is 2.30. The van der Waals surface area contributed by atoms with Gasteiger partial charge >= 0.3 is 0 Å². The van der Waals surface area contributed by atoms with Crippen molar-refractivity contribution in [3.8, 4) is 0 Å². The molecule has 0 saturated heterocycles. The van der Waals surface area contributed by atoms with Crippen LogP contribution in [0.5, 0.6) is 0 Å². The van der Waals surface area contributed by atoms with E-state index in [2.05, 4.69) is 5.32 Å². The van der Waals surface area contributed by atoms with Crippen LogP contribution in [0, 0.1) is 0 Å². The predicted molar refractivity (Wildman–Crippen MR) is 64.1 cm³/mol. The molecule has 1 aromatic rings. The van der Waals surface area contributed by atoms with Gasteiger partial charge in [-0.25, -0.2) is 0 Å². The van der Waals surface area contributed by atoms with Crippen LogP contribution in [0.3, 0.4) is 0 Å². The van der Waals surface area contributed by atoms with Crippen molar-refractivity contribution in [2.24, 2.45) is 5.73 Å². The molecule has 0 aliphatic rings. The molecule has 0 radical (unpaired) electrons. The van der Waals surface area contributed by atoms with Gasteiger partial charge in [0.2, 0.25) is 5.91 Å². The number of carbonyl (C=O) groups excluding carboxylic acids is 1. The molecule has 0 heterocycles. The van der Waals surface area contributed by atoms with Crippen molar-refractivity contribution in [1.29, 1.82) is 0 Å². The highest BCUT2D eigenvalue weighted by Gasteiger charge is 2.04. The van der Waals surface area contributed by atoms with Crippen molar-refractivity contribution < 1.29 is 9.53 Å². The summed E-state index contributed by atoms with van der Waals surface area (Å²) in [6, 6.07) is 7.52. The number of hydrogen-bond donors (Lipinski definition) is 2. The van der Waals surface area contributed by atoms with Gasteiger partial charge in [0.15, 0.2) is 0 Å². The average molecular weight is 222 g/mol. The minimum atomic E-state index is -0.0469. The third-order valence-electron chi connectivity index (χ3n) is 2.19. The zero-order valence-corrected chi connectivity index (χ0v) is 9.53. The van der Waals surface area contributed by atoms with Crippen LogP contribution in [0.4, 0.5) is 5.69 Å². The largest absolute Gasteiger partial charge is 0.381 e. The molecule has 88 valence electrons. The maximum atomic E-state index is 11.5. The molecule has 0 saturated carbocycles. The Bertz CT molecular complexity index is 340. The number of anilines is 1. The Labute approximate surface area is 95.8 Å². The number of benzene rings is 1. The Kier molecular flexibility index (Phi) is 5.53. The van der Waals surface area contributed by atoms with E-state index in [4.69, 9.17) is 10.5 Å². The molecule has 0 aromatic heterocycles. The summed E-state index contributed by atoms with van der Waals surface area (Å²) in [5.41, 5.74) is 7.29. The van der Waals surface area contributed by atoms with Crippen molar-refractivity contribution in [3.05, 3.63) is 29.8 Å². The molecule has 16 heavy (non-hydrogen) atoms. The molecule has 1 amide bonds. The SMILES string of the molecule is CCOCCC(=O)Nc1ccccc1CN. The Morgan fingerprint density at radius 1 is 1.44 bits per heavy atom. The predicted octanol–water partition coefficient (Wildman–Crippen LogP) is 1.51. The van der Waals surface area contributed by atoms with Crippen LogP contribution in [0.2, 0.25) is 0 Å². The molecule has 0 spiro atoms. The molecule has 0 fully saturated rings. The number of nitrogens with one attached hydrogen (secondary N) is 1. The van der Waals surface area contributed by atoms with Crippen LogP contribution in [-0.2, 0) is 16.1 Å². The van der Waals surface area contributed by atoms with Gasteiger partial charge in [0.25, 0.3) is 0 Å². The summed E-state index contributed by atoms with van der Waals surface area (Å²) in [5, 5.41) is 2.82. The first-order valence-corrected chi connectivity index (χ1v) is 5.43. The summed E-state index contributed by atoms with van der Waals surface area (Å²) < 4.78 is 5.11. The quantitative estimate of drug-likeness (QED) is 0.717. The normalized spacial score (nSPS) is 10.1. The minimum absolute atomic E-state index is 0.0469. The molecular formula is C12H18N2O2. The van der Waals surface area contributed by atoms with Crippen LogP contribution in [0.1, 0.15) is 18.9 Å². The lowest BCUT2D eigenvalue weighted by molar-refractivity contribution is -0.117. The molecule has 4 heteroatoms. The highest BCUT2D eigenvalue weighted by molar-refractivity contribution is 5.91. The molecule has 4 nitrogen and oxygen atoms in total. The number of hydrogen-bond acceptors (Lipinski definition) is 3. The zero-order chi connectivity index (χ0) is 11.8. The molecule has 0 unspecified atom stereocenters. The maximum Gasteiger partial charge on any atom is 0.226 e. The lowest BCUT2D eigenvalue weighted by atomic mass is 10.2. The van der Waals surface area contributed by atoms with E-state index >= 15 is 0 Å². The highest BCUT2D eigenvalue weighted by Crippen LogP contribution is 2.14. The third-order valence-corrected chi connectivity index (χ3v) is 2.19. The van der Waals surface area contributed by atoms with Crippen molar-refractivity contribution in [2.45, 2.75) is 19.9 Å². The second-order valence-corrected chi connectivity index (χ2v) is 3.36. The first kappa shape index (κ1) is 12.7. The Morgan fingerprint density at radius 2 is 2.19 bits per heavy atom. The highest BCUT2D eigenvalue weighted by atomic mass is 16.5. The van der Waals surface area contributed by atoms with E-state index in [0.29, 0.717) is 26.2 Å². The number of nitrogens with two attached hydrogens (primary N) is 1. The lowest BCUT2D eigenvalue weighted by Gasteiger charge is -2.09. The Hall–Kier alpha value is -1.39. The van der Waals surface area contributed by atoms with E-state index < -0.39 is 0 Å². The third kappa shape index (κ3) is 4.00. The molecule has 1 aromatic carbocycles. The van der Waals surface area contributed by atoms with Gasteiger partial charge in [-0.2, -0.15) is 0 Å². The van der Waals surface area contributed by atoms with Crippen LogP contribution < -0.4 is 11.1 Å². The molecule has 0 aliphatic carbocycles. The van der Waals surface area contributed by atoms with E-state index in [9.17, 15) is 4.79 Å². The second-order valence-electron chi connectivity index (χ2n) is 3.36. The van der Waals surface area contributed by atoms with Crippen LogP contribution in [0.15, 0.2) is 24.3 Å². The topological polar surface area (TPSA) is 64.3 Å². The monoisotopic (exact) mass is 222 g/mol. The summed E-state index contributed by atoms with van der Waals surface area (Å²) in [7, 11) is 0. The molecule has 0 bridgehead atoms. The standard InChI is InChI=1S/C12H18N2O2/c1-2-16-8-7-12(15)14-11-6-4-3-5-10(11)9-13/h3-6H,2,7-9,13H2,1H3,(H,14,15). The van der Waals surface area contributed by atoms with Gasteiger partial charge in [-0.05, 0) is 18.6 Å². The van der Waals surface area contributed by atoms with Gasteiger partial charge in [-0.3, -0.25) is 4.79 Å². The fourth-order valence-electron chi connectivity index (χ4n) is 1.34. The van der Waals surface area contributed by atoms with Crippen molar-refractivity contribution in [1.82, 2.24) is 0 Å². The van der Waals surface area contributed by atoms with Gasteiger partial charge in [-0.1, -0.05) is 18.2 Å². The molecule has 0 aliphatic heterocycles. The van der Waals surface area contributed by atoms with Crippen LogP contribution in [0.25, 0.3) is 0 Å². The van der Waals surface area contributed by atoms with E-state index in [-0.39, 0.29) is 5.91 Å². The Balaban J connectivity index is 2.49. The first-order valence-electron chi connectivity index (χ1n) is 5.43. The van der Waals surface area contributed by atoms with E-state index in [0.717, 1.165) is 11.3 Å². The molecule has 1 rings (SSSR count). The number of carbonyl (C=O) groups is 1. The molecule has 0 atom stereocenters. The number of rotatable bonds is 6. The number of ether oxygens (including phenoxy) is 1. The van der Waals surface area contributed by atoms with Gasteiger partial charge in [-0.15, -0.1) is 0 Å². The van der Waals surface area contributed by atoms with E-state index in [1.165, 1.54) is 0 Å². The summed E-state index contributed by atoms with van der Waals surface area (Å²) >= 11 is 0. The second kappa shape index (κ2) is 6.98. The molecular weight excluding hydrogens is 204 g/mol.